The van der Waals surface area contributed by atoms with E-state index in [4.69, 9.17) is 4.42 Å². The average Bonchev–Trinajstić information content (AvgIpc) is 2.77. The molecule has 0 radical (unpaired) electrons. The number of nitrogens with one attached hydrogen (secondary N) is 1. The van der Waals surface area contributed by atoms with E-state index in [1.807, 2.05) is 24.3 Å². The lowest BCUT2D eigenvalue weighted by molar-refractivity contribution is 0.273. The summed E-state index contributed by atoms with van der Waals surface area (Å²) >= 11 is 0. The zero-order valence-corrected chi connectivity index (χ0v) is 9.23. The quantitative estimate of drug-likeness (QED) is 0.823. The molecule has 1 unspecified atom stereocenters. The molecule has 16 heavy (non-hydrogen) atoms. The number of hydrogen-bond donors (Lipinski definition) is 2. The lowest BCUT2D eigenvalue weighted by atomic mass is 10.00. The number of fused-ring (bicyclic) bond motifs is 1. The van der Waals surface area contributed by atoms with Gasteiger partial charge in [-0.05, 0) is 30.3 Å². The van der Waals surface area contributed by atoms with Gasteiger partial charge in [0.25, 0.3) is 0 Å². The van der Waals surface area contributed by atoms with Crippen LogP contribution in [0.3, 0.4) is 0 Å². The lowest BCUT2D eigenvalue weighted by Gasteiger charge is -2.16. The van der Waals surface area contributed by atoms with Crippen LogP contribution in [0.25, 0.3) is 16.5 Å². The van der Waals surface area contributed by atoms with Crippen LogP contribution in [0.4, 0.5) is 0 Å². The second-order valence-electron chi connectivity index (χ2n) is 3.72. The van der Waals surface area contributed by atoms with E-state index in [0.717, 1.165) is 22.1 Å². The summed E-state index contributed by atoms with van der Waals surface area (Å²) in [7, 11) is 1.80. The molecule has 0 aliphatic heterocycles. The van der Waals surface area contributed by atoms with Crippen molar-refractivity contribution < 1.29 is 9.52 Å². The summed E-state index contributed by atoms with van der Waals surface area (Å²) in [6.45, 7) is 4.03. The minimum Gasteiger partial charge on any atom is -0.464 e. The first-order valence-corrected chi connectivity index (χ1v) is 5.21. The van der Waals surface area contributed by atoms with Crippen LogP contribution in [0.15, 0.2) is 41.5 Å². The Hall–Kier alpha value is -1.58. The van der Waals surface area contributed by atoms with Crippen molar-refractivity contribution in [3.63, 3.8) is 0 Å². The van der Waals surface area contributed by atoms with Crippen LogP contribution >= 0.6 is 0 Å². The first-order chi connectivity index (χ1) is 7.76. The van der Waals surface area contributed by atoms with Crippen molar-refractivity contribution in [2.24, 2.45) is 0 Å². The topological polar surface area (TPSA) is 45.4 Å². The molecule has 1 aromatic carbocycles. The maximum absolute atomic E-state index is 9.18. The van der Waals surface area contributed by atoms with Crippen LogP contribution in [0.5, 0.6) is 0 Å². The number of hydrogen-bond acceptors (Lipinski definition) is 3. The highest BCUT2D eigenvalue weighted by Gasteiger charge is 2.11. The van der Waals surface area contributed by atoms with Crippen molar-refractivity contribution in [3.8, 4) is 0 Å². The van der Waals surface area contributed by atoms with Gasteiger partial charge in [-0.1, -0.05) is 18.7 Å². The standard InChI is InChI=1S/C13H15NO2/c1-9(12(8-15)14-2)11-4-3-10-5-6-16-13(10)7-11/h3-7,12,14-15H,1,8H2,2H3. The molecule has 0 bridgehead atoms. The third-order valence-electron chi connectivity index (χ3n) is 2.78. The summed E-state index contributed by atoms with van der Waals surface area (Å²) in [5, 5.41) is 13.3. The van der Waals surface area contributed by atoms with Gasteiger partial charge < -0.3 is 14.8 Å². The van der Waals surface area contributed by atoms with E-state index < -0.39 is 0 Å². The fourth-order valence-electron chi connectivity index (χ4n) is 1.73. The molecule has 3 nitrogen and oxygen atoms in total. The molecule has 0 aliphatic carbocycles. The van der Waals surface area contributed by atoms with Crippen molar-refractivity contribution in [3.05, 3.63) is 42.7 Å². The Labute approximate surface area is 94.4 Å². The highest BCUT2D eigenvalue weighted by Crippen LogP contribution is 2.22. The third kappa shape index (κ3) is 1.87. The van der Waals surface area contributed by atoms with E-state index in [9.17, 15) is 5.11 Å². The minimum atomic E-state index is -0.118. The first kappa shape index (κ1) is 10.9. The molecule has 3 heteroatoms. The molecular formula is C13H15NO2. The van der Waals surface area contributed by atoms with Crippen LogP contribution in [0, 0.1) is 0 Å². The zero-order valence-electron chi connectivity index (χ0n) is 9.23. The number of furan rings is 1. The molecule has 1 aromatic heterocycles. The Morgan fingerprint density at radius 3 is 3.00 bits per heavy atom. The zero-order chi connectivity index (χ0) is 11.5. The number of likely N-dealkylation sites (N-methyl/N-ethyl adjacent to an activating group) is 1. The molecule has 1 atom stereocenters. The van der Waals surface area contributed by atoms with Crippen LogP contribution in [-0.4, -0.2) is 24.8 Å². The highest BCUT2D eigenvalue weighted by molar-refractivity contribution is 5.82. The van der Waals surface area contributed by atoms with E-state index in [-0.39, 0.29) is 12.6 Å². The SMILES string of the molecule is C=C(c1ccc2ccoc2c1)C(CO)NC. The van der Waals surface area contributed by atoms with Gasteiger partial charge in [0.2, 0.25) is 0 Å². The van der Waals surface area contributed by atoms with Gasteiger partial charge in [-0.15, -0.1) is 0 Å². The highest BCUT2D eigenvalue weighted by atomic mass is 16.3. The molecule has 0 amide bonds. The molecule has 0 spiro atoms. The Morgan fingerprint density at radius 1 is 1.50 bits per heavy atom. The number of aliphatic hydroxyl groups is 1. The molecule has 84 valence electrons. The Bertz CT molecular complexity index is 497. The summed E-state index contributed by atoms with van der Waals surface area (Å²) < 4.78 is 5.33. The molecule has 2 rings (SSSR count). The monoisotopic (exact) mass is 217 g/mol. The van der Waals surface area contributed by atoms with Gasteiger partial charge >= 0.3 is 0 Å². The van der Waals surface area contributed by atoms with Gasteiger partial charge in [0, 0.05) is 5.39 Å². The Morgan fingerprint density at radius 2 is 2.31 bits per heavy atom. The first-order valence-electron chi connectivity index (χ1n) is 5.21. The van der Waals surface area contributed by atoms with Gasteiger partial charge in [-0.3, -0.25) is 0 Å². The predicted molar refractivity (Wildman–Crippen MR) is 65.2 cm³/mol. The molecule has 2 aromatic rings. The molecule has 0 saturated carbocycles. The maximum Gasteiger partial charge on any atom is 0.134 e. The summed E-state index contributed by atoms with van der Waals surface area (Å²) in [6, 6.07) is 7.72. The van der Waals surface area contributed by atoms with E-state index in [1.54, 1.807) is 13.3 Å². The van der Waals surface area contributed by atoms with Crippen LogP contribution < -0.4 is 5.32 Å². The van der Waals surface area contributed by atoms with Crippen molar-refractivity contribution in [2.45, 2.75) is 6.04 Å². The average molecular weight is 217 g/mol. The molecule has 0 saturated heterocycles. The Balaban J connectivity index is 2.35. The third-order valence-corrected chi connectivity index (χ3v) is 2.78. The van der Waals surface area contributed by atoms with Gasteiger partial charge in [-0.25, -0.2) is 0 Å². The molecule has 1 heterocycles. The fraction of sp³-hybridized carbons (Fsp3) is 0.231. The summed E-state index contributed by atoms with van der Waals surface area (Å²) in [5.74, 6) is 0. The van der Waals surface area contributed by atoms with Crippen molar-refractivity contribution in [1.29, 1.82) is 0 Å². The van der Waals surface area contributed by atoms with Gasteiger partial charge in [0.1, 0.15) is 5.58 Å². The van der Waals surface area contributed by atoms with E-state index in [0.29, 0.717) is 0 Å². The number of benzene rings is 1. The normalized spacial score (nSPS) is 12.9. The summed E-state index contributed by atoms with van der Waals surface area (Å²) in [5.41, 5.74) is 2.69. The van der Waals surface area contributed by atoms with Crippen molar-refractivity contribution in [1.82, 2.24) is 5.32 Å². The minimum absolute atomic E-state index is 0.0333. The largest absolute Gasteiger partial charge is 0.464 e. The molecule has 0 fully saturated rings. The van der Waals surface area contributed by atoms with Gasteiger partial charge in [-0.2, -0.15) is 0 Å². The lowest BCUT2D eigenvalue weighted by Crippen LogP contribution is -2.29. The second kappa shape index (κ2) is 4.51. The van der Waals surface area contributed by atoms with E-state index in [1.165, 1.54) is 0 Å². The molecule has 2 N–H and O–H groups in total. The summed E-state index contributed by atoms with van der Waals surface area (Å²) in [6.07, 6.45) is 1.67. The molecular weight excluding hydrogens is 202 g/mol. The van der Waals surface area contributed by atoms with Gasteiger partial charge in [0.05, 0.1) is 18.9 Å². The van der Waals surface area contributed by atoms with Crippen LogP contribution in [-0.2, 0) is 0 Å². The maximum atomic E-state index is 9.18. The number of rotatable bonds is 4. The fourth-order valence-corrected chi connectivity index (χ4v) is 1.73. The van der Waals surface area contributed by atoms with E-state index >= 15 is 0 Å². The van der Waals surface area contributed by atoms with Crippen molar-refractivity contribution >= 4 is 16.5 Å². The second-order valence-corrected chi connectivity index (χ2v) is 3.72. The van der Waals surface area contributed by atoms with Crippen molar-refractivity contribution in [2.75, 3.05) is 13.7 Å². The number of aliphatic hydroxyl groups excluding tert-OH is 1. The van der Waals surface area contributed by atoms with Gasteiger partial charge in [0.15, 0.2) is 0 Å². The predicted octanol–water partition coefficient (Wildman–Crippen LogP) is 2.03. The van der Waals surface area contributed by atoms with Crippen LogP contribution in [0.2, 0.25) is 0 Å². The van der Waals surface area contributed by atoms with Crippen LogP contribution in [0.1, 0.15) is 5.56 Å². The summed E-state index contributed by atoms with van der Waals surface area (Å²) in [4.78, 5) is 0. The Kier molecular flexibility index (Phi) is 3.08. The van der Waals surface area contributed by atoms with E-state index in [2.05, 4.69) is 11.9 Å². The molecule has 0 aliphatic rings. The smallest absolute Gasteiger partial charge is 0.134 e.